The Morgan fingerprint density at radius 1 is 1.41 bits per heavy atom. The van der Waals surface area contributed by atoms with Gasteiger partial charge in [-0.2, -0.15) is 5.10 Å². The highest BCUT2D eigenvalue weighted by Gasteiger charge is 2.25. The fourth-order valence-corrected chi connectivity index (χ4v) is 1.49. The minimum atomic E-state index is -1.34. The number of rotatable bonds is 3. The molecule has 1 heterocycles. The number of hydrogen-bond acceptors (Lipinski definition) is 4. The van der Waals surface area contributed by atoms with E-state index in [0.29, 0.717) is 0 Å². The van der Waals surface area contributed by atoms with E-state index in [2.05, 4.69) is 5.10 Å². The second-order valence-electron chi connectivity index (χ2n) is 3.19. The van der Waals surface area contributed by atoms with Gasteiger partial charge in [0.05, 0.1) is 4.92 Å². The van der Waals surface area contributed by atoms with E-state index in [9.17, 15) is 14.9 Å². The van der Waals surface area contributed by atoms with Gasteiger partial charge in [0.2, 0.25) is 0 Å². The molecule has 1 aromatic carbocycles. The minimum Gasteiger partial charge on any atom is -0.477 e. The van der Waals surface area contributed by atoms with E-state index in [1.165, 1.54) is 35.3 Å². The van der Waals surface area contributed by atoms with Crippen LogP contribution in [0.3, 0.4) is 0 Å². The monoisotopic (exact) mass is 233 g/mol. The zero-order valence-electron chi connectivity index (χ0n) is 8.48. The maximum absolute atomic E-state index is 10.9. The normalized spacial score (nSPS) is 10.1. The van der Waals surface area contributed by atoms with E-state index in [1.54, 1.807) is 6.07 Å². The van der Waals surface area contributed by atoms with Crippen LogP contribution in [0.1, 0.15) is 10.4 Å². The maximum Gasteiger partial charge on any atom is 0.342 e. The van der Waals surface area contributed by atoms with E-state index in [1.807, 2.05) is 0 Å². The second-order valence-corrected chi connectivity index (χ2v) is 3.19. The standard InChI is InChI=1S/C10H7N3O4/c14-10(15)7-3-1-4-8(9(7)13(16)17)12-6-2-5-11-12/h1-6H,(H,14,15). The van der Waals surface area contributed by atoms with Gasteiger partial charge in [-0.3, -0.25) is 10.1 Å². The lowest BCUT2D eigenvalue weighted by molar-refractivity contribution is -0.385. The molecule has 0 fully saturated rings. The summed E-state index contributed by atoms with van der Waals surface area (Å²) in [4.78, 5) is 21.1. The fourth-order valence-electron chi connectivity index (χ4n) is 1.49. The molecule has 7 heteroatoms. The molecule has 7 nitrogen and oxygen atoms in total. The fraction of sp³-hybridized carbons (Fsp3) is 0. The van der Waals surface area contributed by atoms with Crippen molar-refractivity contribution in [1.29, 1.82) is 0 Å². The molecule has 17 heavy (non-hydrogen) atoms. The summed E-state index contributed by atoms with van der Waals surface area (Å²) in [6.07, 6.45) is 2.96. The average molecular weight is 233 g/mol. The van der Waals surface area contributed by atoms with Crippen LogP contribution in [0.25, 0.3) is 5.69 Å². The van der Waals surface area contributed by atoms with Crippen LogP contribution in [-0.4, -0.2) is 25.8 Å². The van der Waals surface area contributed by atoms with Crippen LogP contribution >= 0.6 is 0 Å². The minimum absolute atomic E-state index is 0.125. The predicted molar refractivity (Wildman–Crippen MR) is 57.2 cm³/mol. The molecule has 0 amide bonds. The Hall–Kier alpha value is -2.70. The van der Waals surface area contributed by atoms with Crippen LogP contribution in [0.2, 0.25) is 0 Å². The van der Waals surface area contributed by atoms with Gasteiger partial charge in [-0.25, -0.2) is 9.48 Å². The number of hydrogen-bond donors (Lipinski definition) is 1. The Balaban J connectivity index is 2.72. The summed E-state index contributed by atoms with van der Waals surface area (Å²) in [5, 5.41) is 23.7. The van der Waals surface area contributed by atoms with Crippen LogP contribution in [0.4, 0.5) is 5.69 Å². The third-order valence-corrected chi connectivity index (χ3v) is 2.18. The number of carbonyl (C=O) groups is 1. The Morgan fingerprint density at radius 2 is 2.18 bits per heavy atom. The summed E-state index contributed by atoms with van der Waals surface area (Å²) in [6.45, 7) is 0. The number of nitrogens with zero attached hydrogens (tertiary/aromatic N) is 3. The zero-order chi connectivity index (χ0) is 12.4. The third kappa shape index (κ3) is 1.85. The van der Waals surface area contributed by atoms with E-state index < -0.39 is 16.6 Å². The van der Waals surface area contributed by atoms with Crippen molar-refractivity contribution >= 4 is 11.7 Å². The number of para-hydroxylation sites is 1. The molecule has 86 valence electrons. The van der Waals surface area contributed by atoms with Crippen molar-refractivity contribution in [3.8, 4) is 5.69 Å². The largest absolute Gasteiger partial charge is 0.477 e. The first-order valence-corrected chi connectivity index (χ1v) is 4.62. The lowest BCUT2D eigenvalue weighted by Gasteiger charge is -2.04. The first kappa shape index (κ1) is 10.8. The summed E-state index contributed by atoms with van der Waals surface area (Å²) < 4.78 is 1.25. The van der Waals surface area contributed by atoms with Crippen molar-refractivity contribution in [3.63, 3.8) is 0 Å². The Morgan fingerprint density at radius 3 is 2.71 bits per heavy atom. The molecule has 2 aromatic rings. The summed E-state index contributed by atoms with van der Waals surface area (Å²) in [5.41, 5.74) is -0.702. The van der Waals surface area contributed by atoms with Crippen LogP contribution < -0.4 is 0 Å². The number of nitro benzene ring substituents is 1. The quantitative estimate of drug-likeness (QED) is 0.639. The maximum atomic E-state index is 10.9. The number of benzene rings is 1. The third-order valence-electron chi connectivity index (χ3n) is 2.18. The van der Waals surface area contributed by atoms with Crippen LogP contribution in [0, 0.1) is 10.1 Å². The topological polar surface area (TPSA) is 98.3 Å². The van der Waals surface area contributed by atoms with E-state index in [-0.39, 0.29) is 11.3 Å². The van der Waals surface area contributed by atoms with Gasteiger partial charge in [0, 0.05) is 12.4 Å². The lowest BCUT2D eigenvalue weighted by atomic mass is 10.1. The van der Waals surface area contributed by atoms with Gasteiger partial charge in [-0.1, -0.05) is 6.07 Å². The summed E-state index contributed by atoms with van der Waals surface area (Å²) in [5.74, 6) is -1.34. The first-order valence-electron chi connectivity index (χ1n) is 4.62. The van der Waals surface area contributed by atoms with E-state index >= 15 is 0 Å². The van der Waals surface area contributed by atoms with Crippen molar-refractivity contribution < 1.29 is 14.8 Å². The number of aromatic nitrogens is 2. The van der Waals surface area contributed by atoms with Gasteiger partial charge in [0.25, 0.3) is 0 Å². The Labute approximate surface area is 95.1 Å². The molecular formula is C10H7N3O4. The van der Waals surface area contributed by atoms with Gasteiger partial charge in [-0.15, -0.1) is 0 Å². The van der Waals surface area contributed by atoms with E-state index in [0.717, 1.165) is 0 Å². The van der Waals surface area contributed by atoms with Gasteiger partial charge >= 0.3 is 11.7 Å². The number of carboxylic acid groups (broad SMARTS) is 1. The van der Waals surface area contributed by atoms with Crippen LogP contribution in [0.15, 0.2) is 36.7 Å². The molecular weight excluding hydrogens is 226 g/mol. The average Bonchev–Trinajstić information content (AvgIpc) is 2.81. The molecule has 0 unspecified atom stereocenters. The molecule has 0 aliphatic heterocycles. The molecule has 0 aliphatic rings. The van der Waals surface area contributed by atoms with Crippen molar-refractivity contribution in [2.24, 2.45) is 0 Å². The van der Waals surface area contributed by atoms with Crippen LogP contribution in [-0.2, 0) is 0 Å². The van der Waals surface area contributed by atoms with Crippen LogP contribution in [0.5, 0.6) is 0 Å². The molecule has 0 radical (unpaired) electrons. The van der Waals surface area contributed by atoms with Gasteiger partial charge in [0.15, 0.2) is 0 Å². The van der Waals surface area contributed by atoms with Crippen molar-refractivity contribution in [1.82, 2.24) is 9.78 Å². The lowest BCUT2D eigenvalue weighted by Crippen LogP contribution is -2.07. The molecule has 0 saturated heterocycles. The highest BCUT2D eigenvalue weighted by atomic mass is 16.6. The van der Waals surface area contributed by atoms with Crippen molar-refractivity contribution in [2.45, 2.75) is 0 Å². The smallest absolute Gasteiger partial charge is 0.342 e. The Kier molecular flexibility index (Phi) is 2.57. The van der Waals surface area contributed by atoms with Crippen molar-refractivity contribution in [2.75, 3.05) is 0 Å². The highest BCUT2D eigenvalue weighted by molar-refractivity contribution is 5.94. The predicted octanol–water partition coefficient (Wildman–Crippen LogP) is 1.48. The summed E-state index contributed by atoms with van der Waals surface area (Å²) in [7, 11) is 0. The number of aromatic carboxylic acids is 1. The summed E-state index contributed by atoms with van der Waals surface area (Å²) in [6, 6.07) is 5.66. The highest BCUT2D eigenvalue weighted by Crippen LogP contribution is 2.26. The number of nitro groups is 1. The van der Waals surface area contributed by atoms with Gasteiger partial charge in [0.1, 0.15) is 11.3 Å². The molecule has 0 aliphatic carbocycles. The molecule has 1 N–H and O–H groups in total. The molecule has 2 rings (SSSR count). The van der Waals surface area contributed by atoms with Crippen molar-refractivity contribution in [3.05, 3.63) is 52.3 Å². The first-order chi connectivity index (χ1) is 8.11. The number of carboxylic acids is 1. The molecule has 0 spiro atoms. The SMILES string of the molecule is O=C(O)c1cccc(-n2cccn2)c1[N+](=O)[O-]. The molecule has 1 aromatic heterocycles. The molecule has 0 atom stereocenters. The van der Waals surface area contributed by atoms with Gasteiger partial charge in [-0.05, 0) is 18.2 Å². The van der Waals surface area contributed by atoms with Gasteiger partial charge < -0.3 is 5.11 Å². The van der Waals surface area contributed by atoms with E-state index in [4.69, 9.17) is 5.11 Å². The summed E-state index contributed by atoms with van der Waals surface area (Å²) >= 11 is 0. The molecule has 0 saturated carbocycles. The molecule has 0 bridgehead atoms. The second kappa shape index (κ2) is 4.05. The Bertz CT molecular complexity index is 577. The zero-order valence-corrected chi connectivity index (χ0v) is 8.48.